The zero-order valence-electron chi connectivity index (χ0n) is 21.8. The molecule has 1 atom stereocenters. The summed E-state index contributed by atoms with van der Waals surface area (Å²) in [5.41, 5.74) is 8.59. The minimum Gasteiger partial charge on any atom is -0.457 e. The molecule has 2 aromatic heterocycles. The molecule has 196 valence electrons. The number of nitrogens with two attached hydrogens (primary N) is 1. The second-order valence-corrected chi connectivity index (χ2v) is 9.31. The van der Waals surface area contributed by atoms with Gasteiger partial charge >= 0.3 is 0 Å². The number of carbonyl (C=O) groups excluding carboxylic acids is 1. The normalized spacial score (nSPS) is 15.7. The van der Waals surface area contributed by atoms with Gasteiger partial charge in [0.2, 0.25) is 5.91 Å². The van der Waals surface area contributed by atoms with Gasteiger partial charge in [-0.15, -0.1) is 0 Å². The highest BCUT2D eigenvalue weighted by Crippen LogP contribution is 2.35. The molecular weight excluding hydrogens is 478 g/mol. The molecule has 3 heterocycles. The Morgan fingerprint density at radius 1 is 1.08 bits per heavy atom. The third-order valence-electron chi connectivity index (χ3n) is 6.96. The smallest absolute Gasteiger partial charge is 0.246 e. The van der Waals surface area contributed by atoms with Gasteiger partial charge in [0.15, 0.2) is 5.65 Å². The van der Waals surface area contributed by atoms with Gasteiger partial charge < -0.3 is 20.3 Å². The molecule has 0 bridgehead atoms. The Morgan fingerprint density at radius 3 is 2.55 bits per heavy atom. The Kier molecular flexibility index (Phi) is 7.65. The van der Waals surface area contributed by atoms with Crippen LogP contribution in [-0.4, -0.2) is 68.2 Å². The molecule has 0 unspecified atom stereocenters. The van der Waals surface area contributed by atoms with Gasteiger partial charge in [-0.2, -0.15) is 5.10 Å². The van der Waals surface area contributed by atoms with Crippen LogP contribution in [-0.2, 0) is 4.79 Å². The van der Waals surface area contributed by atoms with Gasteiger partial charge in [-0.3, -0.25) is 4.79 Å². The number of aromatic nitrogens is 4. The zero-order valence-corrected chi connectivity index (χ0v) is 21.8. The van der Waals surface area contributed by atoms with Crippen LogP contribution in [0, 0.1) is 0 Å². The van der Waals surface area contributed by atoms with Crippen LogP contribution in [0.1, 0.15) is 26.3 Å². The van der Waals surface area contributed by atoms with Gasteiger partial charge in [-0.25, -0.2) is 14.6 Å². The summed E-state index contributed by atoms with van der Waals surface area (Å²) >= 11 is 0. The van der Waals surface area contributed by atoms with Crippen LogP contribution in [0.5, 0.6) is 11.5 Å². The maximum absolute atomic E-state index is 12.8. The molecule has 1 saturated heterocycles. The van der Waals surface area contributed by atoms with Crippen molar-refractivity contribution in [1.82, 2.24) is 29.5 Å². The summed E-state index contributed by atoms with van der Waals surface area (Å²) in [6, 6.07) is 17.4. The number of carbonyl (C=O) groups is 1. The number of ether oxygens (including phenoxy) is 1. The summed E-state index contributed by atoms with van der Waals surface area (Å²) < 4.78 is 7.84. The van der Waals surface area contributed by atoms with Gasteiger partial charge in [0.05, 0.1) is 11.4 Å². The molecule has 0 radical (unpaired) electrons. The van der Waals surface area contributed by atoms with Crippen molar-refractivity contribution in [3.05, 3.63) is 73.1 Å². The Bertz CT molecular complexity index is 1410. The summed E-state index contributed by atoms with van der Waals surface area (Å²) in [5, 5.41) is 5.66. The Balaban J connectivity index is 1.36. The van der Waals surface area contributed by atoms with E-state index in [1.807, 2.05) is 70.3 Å². The number of nitrogens with zero attached hydrogens (tertiary/aromatic N) is 6. The van der Waals surface area contributed by atoms with Crippen molar-refractivity contribution in [2.24, 2.45) is 0 Å². The van der Waals surface area contributed by atoms with E-state index in [1.54, 1.807) is 6.08 Å². The van der Waals surface area contributed by atoms with Crippen LogP contribution in [0.4, 0.5) is 5.82 Å². The molecule has 38 heavy (non-hydrogen) atoms. The van der Waals surface area contributed by atoms with Crippen molar-refractivity contribution in [3.63, 3.8) is 0 Å². The highest BCUT2D eigenvalue weighted by atomic mass is 16.5. The molecule has 1 aliphatic heterocycles. The summed E-state index contributed by atoms with van der Waals surface area (Å²) in [4.78, 5) is 25.7. The molecule has 0 aliphatic carbocycles. The van der Waals surface area contributed by atoms with Crippen molar-refractivity contribution >= 4 is 22.8 Å². The third-order valence-corrected chi connectivity index (χ3v) is 6.96. The number of amides is 1. The lowest BCUT2D eigenvalue weighted by Gasteiger charge is -2.16. The lowest BCUT2D eigenvalue weighted by atomic mass is 10.1. The molecule has 2 N–H and O–H groups in total. The maximum atomic E-state index is 12.8. The first-order valence-corrected chi connectivity index (χ1v) is 13.1. The van der Waals surface area contributed by atoms with E-state index in [1.165, 1.54) is 6.33 Å². The van der Waals surface area contributed by atoms with Gasteiger partial charge in [0, 0.05) is 31.3 Å². The highest BCUT2D eigenvalue weighted by Gasteiger charge is 2.30. The molecular formula is C29H33N7O2. The first-order valence-electron chi connectivity index (χ1n) is 13.1. The molecule has 1 amide bonds. The molecule has 1 aliphatic rings. The van der Waals surface area contributed by atoms with E-state index >= 15 is 0 Å². The first-order chi connectivity index (χ1) is 18.6. The predicted octanol–water partition coefficient (Wildman–Crippen LogP) is 4.54. The Hall–Kier alpha value is -4.24. The minimum atomic E-state index is 0.00127. The molecule has 9 heteroatoms. The van der Waals surface area contributed by atoms with E-state index in [0.717, 1.165) is 43.1 Å². The van der Waals surface area contributed by atoms with E-state index in [-0.39, 0.29) is 11.9 Å². The van der Waals surface area contributed by atoms with Crippen LogP contribution in [0.3, 0.4) is 0 Å². The van der Waals surface area contributed by atoms with E-state index in [9.17, 15) is 4.79 Å². The largest absolute Gasteiger partial charge is 0.457 e. The van der Waals surface area contributed by atoms with E-state index < -0.39 is 0 Å². The number of benzene rings is 2. The number of fused-ring (bicyclic) bond motifs is 1. The van der Waals surface area contributed by atoms with Crippen molar-refractivity contribution in [1.29, 1.82) is 0 Å². The number of likely N-dealkylation sites (N-methyl/N-ethyl adjacent to an activating group) is 1. The van der Waals surface area contributed by atoms with E-state index in [2.05, 4.69) is 28.7 Å². The summed E-state index contributed by atoms with van der Waals surface area (Å²) in [6.07, 6.45) is 5.89. The number of rotatable bonds is 9. The first kappa shape index (κ1) is 25.4. The topological polar surface area (TPSA) is 102 Å². The average molecular weight is 512 g/mol. The molecule has 9 nitrogen and oxygen atoms in total. The van der Waals surface area contributed by atoms with Crippen LogP contribution in [0.2, 0.25) is 0 Å². The molecule has 4 aromatic rings. The van der Waals surface area contributed by atoms with Crippen LogP contribution >= 0.6 is 0 Å². The van der Waals surface area contributed by atoms with Crippen LogP contribution < -0.4 is 10.5 Å². The van der Waals surface area contributed by atoms with E-state index in [4.69, 9.17) is 15.6 Å². The van der Waals surface area contributed by atoms with Gasteiger partial charge in [0.25, 0.3) is 0 Å². The number of hydrogen-bond donors (Lipinski definition) is 1. The lowest BCUT2D eigenvalue weighted by molar-refractivity contribution is -0.125. The number of anilines is 1. The fraction of sp³-hybridized carbons (Fsp3) is 0.310. The quantitative estimate of drug-likeness (QED) is 0.329. The molecule has 0 saturated carbocycles. The summed E-state index contributed by atoms with van der Waals surface area (Å²) in [6.45, 7) is 8.17. The summed E-state index contributed by atoms with van der Waals surface area (Å²) in [5.74, 6) is 1.91. The van der Waals surface area contributed by atoms with Gasteiger partial charge in [-0.1, -0.05) is 38.1 Å². The summed E-state index contributed by atoms with van der Waals surface area (Å²) in [7, 11) is 0. The minimum absolute atomic E-state index is 0.00127. The third kappa shape index (κ3) is 5.38. The van der Waals surface area contributed by atoms with Gasteiger partial charge in [0.1, 0.15) is 29.3 Å². The lowest BCUT2D eigenvalue weighted by Crippen LogP contribution is -2.28. The second-order valence-electron chi connectivity index (χ2n) is 9.31. The fourth-order valence-corrected chi connectivity index (χ4v) is 4.79. The molecule has 2 aromatic carbocycles. The van der Waals surface area contributed by atoms with Gasteiger partial charge in [-0.05, 0) is 55.9 Å². The number of para-hydroxylation sites is 1. The van der Waals surface area contributed by atoms with Crippen LogP contribution in [0.25, 0.3) is 22.3 Å². The maximum Gasteiger partial charge on any atom is 0.246 e. The number of hydrogen-bond acceptors (Lipinski definition) is 7. The Morgan fingerprint density at radius 2 is 1.82 bits per heavy atom. The molecule has 5 rings (SSSR count). The van der Waals surface area contributed by atoms with Crippen molar-refractivity contribution in [2.45, 2.75) is 26.3 Å². The van der Waals surface area contributed by atoms with Crippen molar-refractivity contribution in [2.75, 3.05) is 38.5 Å². The SMILES string of the molecule is CCN(CC)C/C=C/C(=O)N1CC[C@@H](n2nc(-c3ccc(Oc4ccccc4)cc3)c3c(N)ncnc32)C1. The molecule has 0 spiro atoms. The van der Waals surface area contributed by atoms with Crippen molar-refractivity contribution < 1.29 is 9.53 Å². The Labute approximate surface area is 222 Å². The number of nitrogen functional groups attached to an aromatic ring is 1. The average Bonchev–Trinajstić information content (AvgIpc) is 3.58. The van der Waals surface area contributed by atoms with E-state index in [0.29, 0.717) is 35.6 Å². The fourth-order valence-electron chi connectivity index (χ4n) is 4.79. The van der Waals surface area contributed by atoms with Crippen LogP contribution in [0.15, 0.2) is 73.1 Å². The zero-order chi connectivity index (χ0) is 26.5. The monoisotopic (exact) mass is 511 g/mol. The second kappa shape index (κ2) is 11.4. The molecule has 1 fully saturated rings. The number of likely N-dealkylation sites (tertiary alicyclic amines) is 1. The van der Waals surface area contributed by atoms with Crippen molar-refractivity contribution in [3.8, 4) is 22.8 Å². The standard InChI is InChI=1S/C29H33N7O2/c1-3-34(4-2)17-8-11-25(37)35-18-16-22(19-35)36-29-26(28(30)31-20-32-29)27(33-36)21-12-14-24(15-13-21)38-23-9-6-5-7-10-23/h5-15,20,22H,3-4,16-19H2,1-2H3,(H2,30,31,32)/b11-8+/t22-/m1/s1. The predicted molar refractivity (Wildman–Crippen MR) is 149 cm³/mol. The highest BCUT2D eigenvalue weighted by molar-refractivity contribution is 5.98.